The van der Waals surface area contributed by atoms with E-state index >= 15 is 0 Å². The van der Waals surface area contributed by atoms with Crippen LogP contribution in [0.1, 0.15) is 24.0 Å². The number of fused-ring (bicyclic) bond motifs is 1. The standard InChI is InChI=1S/C36H36Br3NO9/c1-45-35-32-31(30(29(20-41)46-35)49-36(44)40-28-14-12-25(37)13-15-28)47-33(42)23(16-21-6-4-10-26(38)18-21)8-2-3-9-24(34(43)48-32)17-22-7-5-11-27(39)19-22/h2-7,10-15,18-19,23-24,29-32,35,41H,8-9,16-17,20H2,1H3,(H,40,44)/b3-2-/t23-,24-,29+,30+,31-,32+,35-/m0/s1. The summed E-state index contributed by atoms with van der Waals surface area (Å²) in [5.41, 5.74) is 2.26. The van der Waals surface area contributed by atoms with Crippen LogP contribution in [0.25, 0.3) is 0 Å². The highest BCUT2D eigenvalue weighted by molar-refractivity contribution is 9.11. The summed E-state index contributed by atoms with van der Waals surface area (Å²) in [5, 5.41) is 13.0. The third-order valence-corrected chi connectivity index (χ3v) is 9.77. The largest absolute Gasteiger partial charge is 0.454 e. The number of methoxy groups -OCH3 is 1. The molecule has 0 radical (unpaired) electrons. The van der Waals surface area contributed by atoms with Crippen molar-refractivity contribution in [2.45, 2.75) is 56.4 Å². The number of rotatable bonds is 8. The minimum Gasteiger partial charge on any atom is -0.454 e. The zero-order valence-corrected chi connectivity index (χ0v) is 31.3. The third-order valence-electron chi connectivity index (χ3n) is 8.26. The highest BCUT2D eigenvalue weighted by Crippen LogP contribution is 2.32. The van der Waals surface area contributed by atoms with Crippen LogP contribution in [-0.4, -0.2) is 67.6 Å². The van der Waals surface area contributed by atoms with Gasteiger partial charge in [0.25, 0.3) is 0 Å². The van der Waals surface area contributed by atoms with Gasteiger partial charge in [0.1, 0.15) is 6.10 Å². The lowest BCUT2D eigenvalue weighted by Gasteiger charge is -2.44. The van der Waals surface area contributed by atoms with Crippen molar-refractivity contribution in [1.29, 1.82) is 0 Å². The van der Waals surface area contributed by atoms with Gasteiger partial charge in [-0.25, -0.2) is 4.79 Å². The first-order valence-corrected chi connectivity index (χ1v) is 18.1. The number of ether oxygens (including phenoxy) is 5. The topological polar surface area (TPSA) is 130 Å². The fraction of sp³-hybridized carbons (Fsp3) is 0.361. The molecule has 0 saturated carbocycles. The summed E-state index contributed by atoms with van der Waals surface area (Å²) in [5.74, 6) is -2.43. The molecular formula is C36H36Br3NO9. The average molecular weight is 866 g/mol. The molecule has 5 rings (SSSR count). The van der Waals surface area contributed by atoms with Crippen LogP contribution in [0.3, 0.4) is 0 Å². The molecular weight excluding hydrogens is 830 g/mol. The van der Waals surface area contributed by atoms with Crippen LogP contribution < -0.4 is 5.32 Å². The molecule has 49 heavy (non-hydrogen) atoms. The van der Waals surface area contributed by atoms with E-state index in [1.165, 1.54) is 7.11 Å². The minimum absolute atomic E-state index is 0.324. The monoisotopic (exact) mass is 863 g/mol. The van der Waals surface area contributed by atoms with Gasteiger partial charge in [-0.05, 0) is 85.3 Å². The number of anilines is 1. The Morgan fingerprint density at radius 2 is 1.37 bits per heavy atom. The van der Waals surface area contributed by atoms with Gasteiger partial charge in [-0.1, -0.05) is 84.2 Å². The van der Waals surface area contributed by atoms with Crippen molar-refractivity contribution in [3.63, 3.8) is 0 Å². The Morgan fingerprint density at radius 1 is 0.816 bits per heavy atom. The lowest BCUT2D eigenvalue weighted by Crippen LogP contribution is -2.63. The molecule has 2 heterocycles. The fourth-order valence-electron chi connectivity index (χ4n) is 5.83. The van der Waals surface area contributed by atoms with Gasteiger partial charge >= 0.3 is 18.0 Å². The molecule has 2 N–H and O–H groups in total. The van der Waals surface area contributed by atoms with E-state index in [2.05, 4.69) is 53.1 Å². The number of carbonyl (C=O) groups excluding carboxylic acids is 3. The average Bonchev–Trinajstić information content (AvgIpc) is 3.07. The van der Waals surface area contributed by atoms with Gasteiger partial charge in [-0.3, -0.25) is 14.9 Å². The molecule has 0 aromatic heterocycles. The summed E-state index contributed by atoms with van der Waals surface area (Å²) >= 11 is 10.4. The van der Waals surface area contributed by atoms with E-state index in [0.717, 1.165) is 24.5 Å². The number of hydrogen-bond acceptors (Lipinski definition) is 9. The molecule has 7 atom stereocenters. The Hall–Kier alpha value is -3.07. The molecule has 3 aromatic carbocycles. The quantitative estimate of drug-likeness (QED) is 0.138. The molecule has 1 amide bonds. The Morgan fingerprint density at radius 3 is 1.88 bits per heavy atom. The van der Waals surface area contributed by atoms with Crippen LogP contribution in [0, 0.1) is 11.8 Å². The number of aliphatic hydroxyl groups is 1. The van der Waals surface area contributed by atoms with Crippen LogP contribution >= 0.6 is 47.8 Å². The zero-order chi connectivity index (χ0) is 34.9. The van der Waals surface area contributed by atoms with Crippen molar-refractivity contribution in [1.82, 2.24) is 0 Å². The van der Waals surface area contributed by atoms with Crippen molar-refractivity contribution in [3.05, 3.63) is 109 Å². The van der Waals surface area contributed by atoms with Crippen molar-refractivity contribution in [2.24, 2.45) is 11.8 Å². The maximum Gasteiger partial charge on any atom is 0.412 e. The van der Waals surface area contributed by atoms with Gasteiger partial charge in [-0.2, -0.15) is 0 Å². The summed E-state index contributed by atoms with van der Waals surface area (Å²) < 4.78 is 32.1. The Balaban J connectivity index is 1.50. The summed E-state index contributed by atoms with van der Waals surface area (Å²) in [4.78, 5) is 41.1. The highest BCUT2D eigenvalue weighted by atomic mass is 79.9. The van der Waals surface area contributed by atoms with Gasteiger partial charge in [0.2, 0.25) is 0 Å². The predicted molar refractivity (Wildman–Crippen MR) is 192 cm³/mol. The smallest absolute Gasteiger partial charge is 0.412 e. The molecule has 3 aromatic rings. The molecule has 0 spiro atoms. The van der Waals surface area contributed by atoms with Crippen LogP contribution in [0.4, 0.5) is 10.5 Å². The molecule has 1 saturated heterocycles. The number of aliphatic hydroxyl groups excluding tert-OH is 1. The van der Waals surface area contributed by atoms with E-state index in [-0.39, 0.29) is 0 Å². The van der Waals surface area contributed by atoms with Crippen LogP contribution in [0.2, 0.25) is 0 Å². The first-order chi connectivity index (χ1) is 23.6. The summed E-state index contributed by atoms with van der Waals surface area (Å²) in [6.45, 7) is -0.611. The summed E-state index contributed by atoms with van der Waals surface area (Å²) in [7, 11) is 1.35. The molecule has 260 valence electrons. The normalized spacial score (nSPS) is 26.6. The van der Waals surface area contributed by atoms with Crippen LogP contribution in [0.15, 0.2) is 98.4 Å². The van der Waals surface area contributed by atoms with Gasteiger partial charge in [-0.15, -0.1) is 0 Å². The molecule has 2 aliphatic heterocycles. The Kier molecular flexibility index (Phi) is 13.5. The molecule has 2 aliphatic rings. The second-order valence-corrected chi connectivity index (χ2v) is 14.5. The maximum atomic E-state index is 14.0. The number of carbonyl (C=O) groups is 3. The minimum atomic E-state index is -1.39. The van der Waals surface area contributed by atoms with Crippen LogP contribution in [-0.2, 0) is 46.1 Å². The van der Waals surface area contributed by atoms with E-state index in [1.807, 2.05) is 60.7 Å². The number of allylic oxidation sites excluding steroid dienone is 2. The van der Waals surface area contributed by atoms with Crippen molar-refractivity contribution < 1.29 is 43.2 Å². The van der Waals surface area contributed by atoms with Crippen molar-refractivity contribution >= 4 is 71.5 Å². The molecule has 13 heteroatoms. The molecule has 0 bridgehead atoms. The number of amides is 1. The lowest BCUT2D eigenvalue weighted by atomic mass is 9.92. The summed E-state index contributed by atoms with van der Waals surface area (Å²) in [6, 6.07) is 22.1. The molecule has 1 fully saturated rings. The van der Waals surface area contributed by atoms with Gasteiger partial charge in [0, 0.05) is 26.2 Å². The van der Waals surface area contributed by atoms with E-state index in [4.69, 9.17) is 23.7 Å². The van der Waals surface area contributed by atoms with Crippen molar-refractivity contribution in [2.75, 3.05) is 19.0 Å². The summed E-state index contributed by atoms with van der Waals surface area (Å²) in [6.07, 6.45) is -2.27. The first-order valence-electron chi connectivity index (χ1n) is 15.7. The number of nitrogens with one attached hydrogen (secondary N) is 1. The maximum absolute atomic E-state index is 14.0. The van der Waals surface area contributed by atoms with Crippen molar-refractivity contribution in [3.8, 4) is 0 Å². The fourth-order valence-corrected chi connectivity index (χ4v) is 6.98. The Bertz CT molecular complexity index is 1640. The molecule has 0 aliphatic carbocycles. The van der Waals surface area contributed by atoms with E-state index in [0.29, 0.717) is 31.4 Å². The Labute approximate surface area is 309 Å². The number of benzene rings is 3. The lowest BCUT2D eigenvalue weighted by molar-refractivity contribution is -0.300. The third kappa shape index (κ3) is 10.2. The zero-order valence-electron chi connectivity index (χ0n) is 26.5. The molecule has 0 unspecified atom stereocenters. The predicted octanol–water partition coefficient (Wildman–Crippen LogP) is 7.15. The van der Waals surface area contributed by atoms with E-state index < -0.39 is 67.2 Å². The van der Waals surface area contributed by atoms with E-state index in [9.17, 15) is 19.5 Å². The van der Waals surface area contributed by atoms with Gasteiger partial charge in [0.05, 0.1) is 18.4 Å². The first kappa shape index (κ1) is 37.2. The van der Waals surface area contributed by atoms with Gasteiger partial charge in [0.15, 0.2) is 24.6 Å². The number of halogens is 3. The number of hydrogen-bond donors (Lipinski definition) is 2. The molecule has 10 nitrogen and oxygen atoms in total. The van der Waals surface area contributed by atoms with Gasteiger partial charge < -0.3 is 28.8 Å². The van der Waals surface area contributed by atoms with E-state index in [1.54, 1.807) is 24.3 Å². The number of esters is 2. The second-order valence-electron chi connectivity index (χ2n) is 11.8. The van der Waals surface area contributed by atoms with Crippen LogP contribution in [0.5, 0.6) is 0 Å². The highest BCUT2D eigenvalue weighted by Gasteiger charge is 2.53. The SMILES string of the molecule is CO[C@H]1O[C@H](CO)[C@@H](OC(=O)Nc2ccc(Br)cc2)[C@@H]2OC(=O)[C@H](Cc3cccc(Br)c3)C/C=C\C[C@@H](Cc3cccc(Br)c3)C(=O)O[C@@H]12. The second kappa shape index (κ2) is 17.7.